The van der Waals surface area contributed by atoms with Gasteiger partial charge >= 0.3 is 0 Å². The Morgan fingerprint density at radius 1 is 0.591 bits per heavy atom. The van der Waals surface area contributed by atoms with E-state index in [2.05, 4.69) is 79.6 Å². The summed E-state index contributed by atoms with van der Waals surface area (Å²) in [6.07, 6.45) is 3.59. The summed E-state index contributed by atoms with van der Waals surface area (Å²) in [5.74, 6) is 0. The molecule has 0 rings (SSSR count). The second kappa shape index (κ2) is 156. The second-order valence-corrected chi connectivity index (χ2v) is 2.41. The van der Waals surface area contributed by atoms with E-state index >= 15 is 0 Å². The molecule has 0 atom stereocenters. The van der Waals surface area contributed by atoms with E-state index in [0.717, 1.165) is 19.6 Å². The highest BCUT2D eigenvalue weighted by Crippen LogP contribution is 1.87. The van der Waals surface area contributed by atoms with Gasteiger partial charge in [0, 0.05) is 13.2 Å². The minimum absolute atomic E-state index is 0.125. The third-order valence-electron chi connectivity index (χ3n) is 1.09. The number of hydrogen-bond acceptors (Lipinski definition) is 3. The van der Waals surface area contributed by atoms with Crippen molar-refractivity contribution in [3.05, 3.63) is 65.8 Å². The van der Waals surface area contributed by atoms with E-state index in [0.29, 0.717) is 0 Å². The molecule has 3 nitrogen and oxygen atoms in total. The lowest BCUT2D eigenvalue weighted by molar-refractivity contribution is 0.132. The molecule has 3 heteroatoms. The first-order valence-electron chi connectivity index (χ1n) is 7.12. The second-order valence-electron chi connectivity index (χ2n) is 2.41. The molecule has 22 heavy (non-hydrogen) atoms. The van der Waals surface area contributed by atoms with Gasteiger partial charge in [0.2, 0.25) is 0 Å². The normalized spacial score (nSPS) is 5.82. The molecule has 0 amide bonds. The van der Waals surface area contributed by atoms with Gasteiger partial charge < -0.3 is 14.9 Å². The highest BCUT2D eigenvalue weighted by atomic mass is 16.5. The Morgan fingerprint density at radius 3 is 1.09 bits per heavy atom. The average Bonchev–Trinajstić information content (AvgIpc) is 2.67. The molecule has 0 saturated heterocycles. The molecule has 0 heterocycles. The van der Waals surface area contributed by atoms with Gasteiger partial charge in [0.1, 0.15) is 0 Å². The van der Waals surface area contributed by atoms with Crippen molar-refractivity contribution in [2.75, 3.05) is 26.4 Å². The van der Waals surface area contributed by atoms with E-state index < -0.39 is 0 Å². The first-order valence-corrected chi connectivity index (χ1v) is 7.12. The first-order chi connectivity index (χ1) is 10.8. The van der Waals surface area contributed by atoms with Crippen LogP contribution in [0.4, 0.5) is 0 Å². The number of hydrogen-bond donors (Lipinski definition) is 2. The fraction of sp³-hybridized carbons (Fsp3) is 0.474. The van der Waals surface area contributed by atoms with Gasteiger partial charge in [-0.2, -0.15) is 0 Å². The summed E-state index contributed by atoms with van der Waals surface area (Å²) < 4.78 is 5.22. The van der Waals surface area contributed by atoms with Crippen LogP contribution in [0, 0.1) is 0 Å². The Balaban J connectivity index is -0.0000000275. The summed E-state index contributed by atoms with van der Waals surface area (Å²) in [6.45, 7) is 35.9. The summed E-state index contributed by atoms with van der Waals surface area (Å²) in [7, 11) is 0. The average molecular weight is 319 g/mol. The molecule has 0 aliphatic heterocycles. The van der Waals surface area contributed by atoms with Crippen LogP contribution in [0.3, 0.4) is 0 Å². The van der Waals surface area contributed by atoms with Crippen LogP contribution in [0.15, 0.2) is 65.8 Å². The Labute approximate surface area is 141 Å². The quantitative estimate of drug-likeness (QED) is 0.523. The van der Waals surface area contributed by atoms with Crippen molar-refractivity contribution in [3.63, 3.8) is 0 Å². The summed E-state index contributed by atoms with van der Waals surface area (Å²) in [6, 6.07) is 0. The van der Waals surface area contributed by atoms with Crippen molar-refractivity contribution >= 4 is 0 Å². The summed E-state index contributed by atoms with van der Waals surface area (Å²) in [5, 5.41) is 15.2. The van der Waals surface area contributed by atoms with Gasteiger partial charge in [-0.1, -0.05) is 20.3 Å². The van der Waals surface area contributed by atoms with Gasteiger partial charge in [-0.15, -0.1) is 65.8 Å². The molecule has 0 fully saturated rings. The number of rotatable bonds is 6. The van der Waals surface area contributed by atoms with Crippen LogP contribution in [0.25, 0.3) is 0 Å². The standard InChI is InChI=1S/C7H16O.C2H6O2.5C2H4/c1-3-5-7-8-6-4-2;3-1-2-4;5*1-2/h3-7H2,1-2H3;3-4H,1-2H2;5*1-2H2. The number of ether oxygens (including phenoxy) is 1. The molecule has 0 spiro atoms. The molecule has 0 aromatic rings. The van der Waals surface area contributed by atoms with Gasteiger partial charge in [-0.3, -0.25) is 0 Å². The Morgan fingerprint density at radius 2 is 0.909 bits per heavy atom. The molecule has 0 aliphatic carbocycles. The van der Waals surface area contributed by atoms with E-state index in [-0.39, 0.29) is 13.2 Å². The molecule has 0 unspecified atom stereocenters. The maximum absolute atomic E-state index is 7.62. The van der Waals surface area contributed by atoms with Crippen LogP contribution < -0.4 is 0 Å². The van der Waals surface area contributed by atoms with Gasteiger partial charge in [-0.25, -0.2) is 0 Å². The monoisotopic (exact) mass is 318 g/mol. The van der Waals surface area contributed by atoms with Crippen molar-refractivity contribution in [2.45, 2.75) is 33.1 Å². The Hall–Kier alpha value is -1.42. The minimum Gasteiger partial charge on any atom is -0.394 e. The largest absolute Gasteiger partial charge is 0.394 e. The molecule has 2 N–H and O–H groups in total. The van der Waals surface area contributed by atoms with Gasteiger partial charge in [0.05, 0.1) is 13.2 Å². The van der Waals surface area contributed by atoms with Crippen LogP contribution in [-0.4, -0.2) is 36.6 Å². The van der Waals surface area contributed by atoms with Crippen molar-refractivity contribution in [3.8, 4) is 0 Å². The zero-order valence-electron chi connectivity index (χ0n) is 15.3. The molecule has 0 bridgehead atoms. The number of unbranched alkanes of at least 4 members (excludes halogenated alkanes) is 1. The lowest BCUT2D eigenvalue weighted by Gasteiger charge is -1.97. The summed E-state index contributed by atoms with van der Waals surface area (Å²) >= 11 is 0. The number of aliphatic hydroxyl groups is 2. The van der Waals surface area contributed by atoms with E-state index in [9.17, 15) is 0 Å². The summed E-state index contributed by atoms with van der Waals surface area (Å²) in [4.78, 5) is 0. The molecule has 0 aromatic carbocycles. The topological polar surface area (TPSA) is 49.7 Å². The van der Waals surface area contributed by atoms with Gasteiger partial charge in [0.25, 0.3) is 0 Å². The third kappa shape index (κ3) is 274. The molecular weight excluding hydrogens is 276 g/mol. The van der Waals surface area contributed by atoms with Crippen molar-refractivity contribution in [2.24, 2.45) is 0 Å². The maximum atomic E-state index is 7.62. The molecular formula is C19H42O3. The van der Waals surface area contributed by atoms with Crippen molar-refractivity contribution in [1.82, 2.24) is 0 Å². The fourth-order valence-electron chi connectivity index (χ4n) is 0.493. The van der Waals surface area contributed by atoms with Crippen LogP contribution in [0.2, 0.25) is 0 Å². The zero-order valence-corrected chi connectivity index (χ0v) is 15.3. The van der Waals surface area contributed by atoms with Crippen molar-refractivity contribution in [1.29, 1.82) is 0 Å². The Bertz CT molecular complexity index is 89.2. The highest BCUT2D eigenvalue weighted by molar-refractivity contribution is 4.31. The predicted octanol–water partition coefficient (Wildman–Crippen LogP) is 5.20. The first kappa shape index (κ1) is 42.8. The van der Waals surface area contributed by atoms with Crippen molar-refractivity contribution < 1.29 is 14.9 Å². The lowest BCUT2D eigenvalue weighted by atomic mass is 10.4. The van der Waals surface area contributed by atoms with Crippen LogP contribution in [-0.2, 0) is 4.74 Å². The van der Waals surface area contributed by atoms with Crippen LogP contribution in [0.1, 0.15) is 33.1 Å². The van der Waals surface area contributed by atoms with E-state index in [4.69, 9.17) is 14.9 Å². The highest BCUT2D eigenvalue weighted by Gasteiger charge is 1.81. The van der Waals surface area contributed by atoms with E-state index in [1.54, 1.807) is 0 Å². The smallest absolute Gasteiger partial charge is 0.0662 e. The molecule has 0 aromatic heterocycles. The van der Waals surface area contributed by atoms with Gasteiger partial charge in [0.15, 0.2) is 0 Å². The summed E-state index contributed by atoms with van der Waals surface area (Å²) in [5.41, 5.74) is 0. The van der Waals surface area contributed by atoms with Gasteiger partial charge in [-0.05, 0) is 12.8 Å². The van der Waals surface area contributed by atoms with Crippen LogP contribution in [0.5, 0.6) is 0 Å². The zero-order chi connectivity index (χ0) is 19.7. The lowest BCUT2D eigenvalue weighted by Crippen LogP contribution is -1.93. The predicted molar refractivity (Wildman–Crippen MR) is 106 cm³/mol. The Kier molecular flexibility index (Phi) is 304. The minimum atomic E-state index is -0.125. The molecule has 136 valence electrons. The van der Waals surface area contributed by atoms with Crippen LogP contribution >= 0.6 is 0 Å². The van der Waals surface area contributed by atoms with E-state index in [1.807, 2.05) is 0 Å². The SMILES string of the molecule is C=C.C=C.C=C.C=C.C=C.CCCCOCCC.OCCO. The number of aliphatic hydroxyl groups excluding tert-OH is 2. The molecule has 0 saturated carbocycles. The maximum Gasteiger partial charge on any atom is 0.0662 e. The molecule has 0 radical (unpaired) electrons. The fourth-order valence-corrected chi connectivity index (χ4v) is 0.493. The van der Waals surface area contributed by atoms with E-state index in [1.165, 1.54) is 12.8 Å². The third-order valence-corrected chi connectivity index (χ3v) is 1.09. The molecule has 0 aliphatic rings.